The second-order valence-electron chi connectivity index (χ2n) is 2.72. The van der Waals surface area contributed by atoms with Crippen LogP contribution in [0.15, 0.2) is 11.0 Å². The third-order valence-electron chi connectivity index (χ3n) is 1.60. The van der Waals surface area contributed by atoms with Crippen LogP contribution < -0.4 is 0 Å². The Balaban J connectivity index is 3.48. The van der Waals surface area contributed by atoms with Crippen LogP contribution >= 0.6 is 22.3 Å². The molecule has 0 radical (unpaired) electrons. The fraction of sp³-hybridized carbons (Fsp3) is 0.286. The van der Waals surface area contributed by atoms with Gasteiger partial charge in [-0.15, -0.1) is 0 Å². The minimum absolute atomic E-state index is 0.0419. The van der Waals surface area contributed by atoms with E-state index < -0.39 is 31.2 Å². The van der Waals surface area contributed by atoms with Crippen LogP contribution in [0.5, 0.6) is 0 Å². The van der Waals surface area contributed by atoms with Gasteiger partial charge in [0.2, 0.25) is 0 Å². The molecular formula is C7H5Cl2F2NO2S. The number of aromatic nitrogens is 1. The largest absolute Gasteiger partial charge is 0.280 e. The van der Waals surface area contributed by atoms with E-state index in [9.17, 15) is 17.2 Å². The van der Waals surface area contributed by atoms with Crippen molar-refractivity contribution in [3.8, 4) is 0 Å². The average molecular weight is 276 g/mol. The van der Waals surface area contributed by atoms with Gasteiger partial charge in [-0.2, -0.15) is 0 Å². The maximum atomic E-state index is 12.3. The highest BCUT2D eigenvalue weighted by molar-refractivity contribution is 8.13. The van der Waals surface area contributed by atoms with E-state index in [1.54, 1.807) is 0 Å². The van der Waals surface area contributed by atoms with Crippen LogP contribution in [0.3, 0.4) is 0 Å². The van der Waals surface area contributed by atoms with Gasteiger partial charge in [0.25, 0.3) is 15.5 Å². The van der Waals surface area contributed by atoms with Crippen molar-refractivity contribution in [3.05, 3.63) is 22.5 Å². The summed E-state index contributed by atoms with van der Waals surface area (Å²) in [6.07, 6.45) is -2.81. The van der Waals surface area contributed by atoms with Gasteiger partial charge < -0.3 is 0 Å². The van der Waals surface area contributed by atoms with E-state index in [0.29, 0.717) is 0 Å². The van der Waals surface area contributed by atoms with Gasteiger partial charge in [0.05, 0.1) is 0 Å². The van der Waals surface area contributed by atoms with Gasteiger partial charge in [0.15, 0.2) is 0 Å². The molecule has 0 bridgehead atoms. The van der Waals surface area contributed by atoms with Crippen LogP contribution in [0.25, 0.3) is 0 Å². The average Bonchev–Trinajstić information content (AvgIpc) is 1.99. The Labute approximate surface area is 94.4 Å². The van der Waals surface area contributed by atoms with Crippen LogP contribution in [-0.4, -0.2) is 13.4 Å². The molecule has 1 heterocycles. The molecule has 0 aliphatic carbocycles. The van der Waals surface area contributed by atoms with Gasteiger partial charge >= 0.3 is 0 Å². The zero-order valence-electron chi connectivity index (χ0n) is 7.34. The molecule has 8 heteroatoms. The van der Waals surface area contributed by atoms with Crippen LogP contribution in [0, 0.1) is 6.92 Å². The summed E-state index contributed by atoms with van der Waals surface area (Å²) >= 11 is 5.46. The molecule has 0 aliphatic heterocycles. The lowest BCUT2D eigenvalue weighted by molar-refractivity contribution is 0.146. The number of rotatable bonds is 2. The minimum Gasteiger partial charge on any atom is -0.234 e. The predicted octanol–water partition coefficient (Wildman–Crippen LogP) is 2.91. The fourth-order valence-electron chi connectivity index (χ4n) is 1.05. The summed E-state index contributed by atoms with van der Waals surface area (Å²) in [5.41, 5.74) is -0.540. The van der Waals surface area contributed by atoms with Gasteiger partial charge in [0.1, 0.15) is 15.7 Å². The van der Waals surface area contributed by atoms with E-state index >= 15 is 0 Å². The molecule has 0 fully saturated rings. The van der Waals surface area contributed by atoms with E-state index in [1.807, 2.05) is 0 Å². The molecule has 0 amide bonds. The van der Waals surface area contributed by atoms with E-state index in [1.165, 1.54) is 6.92 Å². The van der Waals surface area contributed by atoms with Gasteiger partial charge in [-0.05, 0) is 18.6 Å². The molecule has 1 rings (SSSR count). The summed E-state index contributed by atoms with van der Waals surface area (Å²) in [5, 5.41) is -0.541. The van der Waals surface area contributed by atoms with Crippen LogP contribution in [-0.2, 0) is 9.05 Å². The number of alkyl halides is 2. The third-order valence-corrected chi connectivity index (χ3v) is 3.46. The highest BCUT2D eigenvalue weighted by atomic mass is 35.7. The molecule has 0 N–H and O–H groups in total. The summed E-state index contributed by atoms with van der Waals surface area (Å²) in [5.74, 6) is 0. The van der Waals surface area contributed by atoms with Gasteiger partial charge in [-0.3, -0.25) is 0 Å². The predicted molar refractivity (Wildman–Crippen MR) is 52.0 cm³/mol. The molecule has 1 aromatic heterocycles. The summed E-state index contributed by atoms with van der Waals surface area (Å²) in [6, 6.07) is 0.936. The zero-order valence-corrected chi connectivity index (χ0v) is 9.67. The maximum absolute atomic E-state index is 12.3. The second kappa shape index (κ2) is 4.19. The lowest BCUT2D eigenvalue weighted by Gasteiger charge is -2.06. The lowest BCUT2D eigenvalue weighted by Crippen LogP contribution is -2.01. The molecule has 0 saturated carbocycles. The lowest BCUT2D eigenvalue weighted by atomic mass is 10.2. The Morgan fingerprint density at radius 3 is 2.33 bits per heavy atom. The molecule has 0 spiro atoms. The Bertz CT molecular complexity index is 467. The number of halogens is 4. The monoisotopic (exact) mass is 275 g/mol. The van der Waals surface area contributed by atoms with Crippen molar-refractivity contribution in [2.24, 2.45) is 0 Å². The van der Waals surface area contributed by atoms with E-state index in [2.05, 4.69) is 4.98 Å². The SMILES string of the molecule is Cc1cc(C(F)F)nc(Cl)c1S(=O)(=O)Cl. The van der Waals surface area contributed by atoms with Gasteiger partial charge in [-0.1, -0.05) is 11.6 Å². The molecule has 0 aromatic carbocycles. The summed E-state index contributed by atoms with van der Waals surface area (Å²) in [7, 11) is 0.988. The van der Waals surface area contributed by atoms with Crippen LogP contribution in [0.2, 0.25) is 5.15 Å². The molecule has 0 atom stereocenters. The summed E-state index contributed by atoms with van der Waals surface area (Å²) in [6.45, 7) is 1.31. The molecule has 0 saturated heterocycles. The van der Waals surface area contributed by atoms with Crippen molar-refractivity contribution in [2.45, 2.75) is 18.2 Å². The molecule has 1 aromatic rings. The van der Waals surface area contributed by atoms with Crippen molar-refractivity contribution in [1.29, 1.82) is 0 Å². The smallest absolute Gasteiger partial charge is 0.234 e. The first kappa shape index (κ1) is 12.6. The minimum atomic E-state index is -4.07. The number of nitrogens with zero attached hydrogens (tertiary/aromatic N) is 1. The molecule has 15 heavy (non-hydrogen) atoms. The van der Waals surface area contributed by atoms with Gasteiger partial charge in [-0.25, -0.2) is 22.2 Å². The van der Waals surface area contributed by atoms with Crippen molar-refractivity contribution < 1.29 is 17.2 Å². The Morgan fingerprint density at radius 1 is 1.47 bits per heavy atom. The van der Waals surface area contributed by atoms with Crippen molar-refractivity contribution in [1.82, 2.24) is 4.98 Å². The Hall–Kier alpha value is -0.460. The Morgan fingerprint density at radius 2 is 2.00 bits per heavy atom. The topological polar surface area (TPSA) is 47.0 Å². The standard InChI is InChI=1S/C7H5Cl2F2NO2S/c1-3-2-4(7(10)11)12-6(8)5(3)15(9,13)14/h2,7H,1H3. The quantitative estimate of drug-likeness (QED) is 0.616. The van der Waals surface area contributed by atoms with Crippen molar-refractivity contribution >= 4 is 31.3 Å². The van der Waals surface area contributed by atoms with E-state index in [4.69, 9.17) is 22.3 Å². The zero-order chi connectivity index (χ0) is 11.8. The highest BCUT2D eigenvalue weighted by Crippen LogP contribution is 2.29. The third kappa shape index (κ3) is 2.76. The number of pyridine rings is 1. The molecular weight excluding hydrogens is 271 g/mol. The Kier molecular flexibility index (Phi) is 3.52. The normalized spacial score (nSPS) is 12.1. The van der Waals surface area contributed by atoms with E-state index in [0.717, 1.165) is 6.07 Å². The van der Waals surface area contributed by atoms with Crippen molar-refractivity contribution in [2.75, 3.05) is 0 Å². The first-order chi connectivity index (χ1) is 6.73. The van der Waals surface area contributed by atoms with Crippen LogP contribution in [0.4, 0.5) is 8.78 Å². The first-order valence-corrected chi connectivity index (χ1v) is 6.32. The molecule has 0 unspecified atom stereocenters. The number of hydrogen-bond donors (Lipinski definition) is 0. The molecule has 0 aliphatic rings. The van der Waals surface area contributed by atoms with Crippen molar-refractivity contribution in [3.63, 3.8) is 0 Å². The number of hydrogen-bond acceptors (Lipinski definition) is 3. The fourth-order valence-corrected chi connectivity index (χ4v) is 3.00. The highest BCUT2D eigenvalue weighted by Gasteiger charge is 2.22. The second-order valence-corrected chi connectivity index (χ2v) is 5.58. The maximum Gasteiger partial charge on any atom is 0.280 e. The molecule has 84 valence electrons. The first-order valence-electron chi connectivity index (χ1n) is 3.63. The molecule has 3 nitrogen and oxygen atoms in total. The van der Waals surface area contributed by atoms with Gasteiger partial charge in [0, 0.05) is 10.7 Å². The summed E-state index contributed by atoms with van der Waals surface area (Å²) < 4.78 is 46.5. The van der Waals surface area contributed by atoms with Crippen LogP contribution in [0.1, 0.15) is 17.7 Å². The van der Waals surface area contributed by atoms with E-state index in [-0.39, 0.29) is 5.56 Å². The summed E-state index contributed by atoms with van der Waals surface area (Å²) in [4.78, 5) is 2.82. The number of aryl methyl sites for hydroxylation is 1.